The van der Waals surface area contributed by atoms with Crippen LogP contribution >= 0.6 is 0 Å². The average Bonchev–Trinajstić information content (AvgIpc) is 0.742. The van der Waals surface area contributed by atoms with Crippen molar-refractivity contribution in [2.24, 2.45) is 0 Å². The lowest BCUT2D eigenvalue weighted by Gasteiger charge is -2.31. The van der Waals surface area contributed by atoms with Gasteiger partial charge in [0, 0.05) is 70.7 Å². The molecule has 0 unspecified atom stereocenters. The van der Waals surface area contributed by atoms with Gasteiger partial charge >= 0.3 is 0 Å². The molecule has 0 aromatic heterocycles. The molecular formula is C104H84N4O4. The van der Waals surface area contributed by atoms with Gasteiger partial charge in [0.2, 0.25) is 0 Å². The molecule has 0 spiro atoms. The number of phenols is 4. The van der Waals surface area contributed by atoms with E-state index in [1.165, 1.54) is 0 Å². The van der Waals surface area contributed by atoms with E-state index in [1.54, 1.807) is 0 Å². The van der Waals surface area contributed by atoms with Crippen LogP contribution < -0.4 is 21.3 Å². The van der Waals surface area contributed by atoms with Crippen molar-refractivity contribution in [2.75, 3.05) is 0 Å². The molecule has 8 N–H and O–H groups in total. The maximum Gasteiger partial charge on any atom is 0.128 e. The summed E-state index contributed by atoms with van der Waals surface area (Å²) in [7, 11) is 0. The summed E-state index contributed by atoms with van der Waals surface area (Å²) < 4.78 is 0. The normalized spacial score (nSPS) is 15.9. The second-order valence-electron chi connectivity index (χ2n) is 29.0. The van der Waals surface area contributed by atoms with E-state index < -0.39 is 24.2 Å². The van der Waals surface area contributed by atoms with Crippen molar-refractivity contribution >= 4 is 91.7 Å². The van der Waals surface area contributed by atoms with Crippen LogP contribution in [0, 0.1) is 0 Å². The Bertz CT molecular complexity index is 5410. The lowest BCUT2D eigenvalue weighted by Crippen LogP contribution is -2.35. The molecule has 0 aliphatic carbocycles. The quantitative estimate of drug-likeness (QED) is 0.0568. The van der Waals surface area contributed by atoms with Gasteiger partial charge in [-0.15, -0.1) is 0 Å². The first kappa shape index (κ1) is 71.5. The molecule has 0 saturated carbocycles. The molecule has 4 atom stereocenters. The minimum Gasteiger partial charge on any atom is -0.507 e. The lowest BCUT2D eigenvalue weighted by molar-refractivity contribution is 0.373. The molecule has 1 aliphatic heterocycles. The van der Waals surface area contributed by atoms with Crippen LogP contribution in [0.1, 0.15) is 113 Å². The smallest absolute Gasteiger partial charge is 0.128 e. The van der Waals surface area contributed by atoms with Crippen molar-refractivity contribution in [3.63, 3.8) is 0 Å². The fraction of sp³-hybridized carbons (Fsp3) is 0.0769. The average molecular weight is 1450 g/mol. The van der Waals surface area contributed by atoms with Crippen molar-refractivity contribution in [2.45, 2.75) is 50.3 Å². The van der Waals surface area contributed by atoms with Crippen molar-refractivity contribution in [1.82, 2.24) is 21.3 Å². The zero-order chi connectivity index (χ0) is 75.7. The van der Waals surface area contributed by atoms with Crippen LogP contribution in [-0.4, -0.2) is 20.4 Å². The third-order valence-corrected chi connectivity index (χ3v) is 21.8. The van der Waals surface area contributed by atoms with Gasteiger partial charge in [0.1, 0.15) is 23.0 Å². The Morgan fingerprint density at radius 2 is 0.375 bits per heavy atom. The van der Waals surface area contributed by atoms with Crippen LogP contribution in [0.4, 0.5) is 0 Å². The Morgan fingerprint density at radius 1 is 0.196 bits per heavy atom. The molecule has 0 saturated heterocycles. The van der Waals surface area contributed by atoms with Crippen LogP contribution in [-0.2, 0) is 26.2 Å². The number of nitrogens with one attached hydrogen (secondary N) is 4. The molecule has 16 aromatic carbocycles. The summed E-state index contributed by atoms with van der Waals surface area (Å²) >= 11 is 0. The molecule has 1 heterocycles. The molecule has 0 fully saturated rings. The summed E-state index contributed by atoms with van der Waals surface area (Å²) in [5, 5.41) is 77.8. The van der Waals surface area contributed by atoms with E-state index in [1.807, 2.05) is 97.1 Å². The topological polar surface area (TPSA) is 129 Å². The number of hydrogen-bond donors (Lipinski definition) is 8. The molecule has 0 amide bonds. The Morgan fingerprint density at radius 3 is 0.571 bits per heavy atom. The molecule has 8 nitrogen and oxygen atoms in total. The van der Waals surface area contributed by atoms with Crippen LogP contribution in [0.15, 0.2) is 340 Å². The molecule has 544 valence electrons. The number of aromatic hydroxyl groups is 4. The highest BCUT2D eigenvalue weighted by Gasteiger charge is 2.32. The van der Waals surface area contributed by atoms with Crippen molar-refractivity contribution in [3.05, 3.63) is 429 Å². The summed E-state index contributed by atoms with van der Waals surface area (Å²) in [6, 6.07) is 114. The van der Waals surface area contributed by atoms with Gasteiger partial charge in [-0.1, -0.05) is 340 Å². The summed E-state index contributed by atoms with van der Waals surface area (Å²) in [6.07, 6.45) is 16.9. The first-order chi connectivity index (χ1) is 55.2. The zero-order valence-corrected chi connectivity index (χ0v) is 61.9. The Labute approximate surface area is 653 Å². The largest absolute Gasteiger partial charge is 0.507 e. The Balaban J connectivity index is 0.904. The first-order valence-electron chi connectivity index (χ1n) is 38.4. The molecular weight excluding hydrogens is 1370 g/mol. The fourth-order valence-corrected chi connectivity index (χ4v) is 16.1. The molecule has 1 aliphatic rings. The third-order valence-electron chi connectivity index (χ3n) is 21.8. The fourth-order valence-electron chi connectivity index (χ4n) is 16.1. The van der Waals surface area contributed by atoms with Crippen molar-refractivity contribution < 1.29 is 20.4 Å². The highest BCUT2D eigenvalue weighted by molar-refractivity contribution is 6.13. The van der Waals surface area contributed by atoms with E-state index in [2.05, 4.69) is 313 Å². The predicted octanol–water partition coefficient (Wildman–Crippen LogP) is 24.2. The molecule has 112 heavy (non-hydrogen) atoms. The lowest BCUT2D eigenvalue weighted by atomic mass is 9.86. The van der Waals surface area contributed by atoms with Gasteiger partial charge in [0.15, 0.2) is 0 Å². The number of benzene rings is 16. The van der Waals surface area contributed by atoms with Crippen LogP contribution in [0.25, 0.3) is 114 Å². The van der Waals surface area contributed by atoms with Gasteiger partial charge in [0.25, 0.3) is 0 Å². The van der Waals surface area contributed by atoms with E-state index in [4.69, 9.17) is 0 Å². The molecule has 17 rings (SSSR count). The minimum atomic E-state index is -0.463. The zero-order valence-electron chi connectivity index (χ0n) is 61.9. The van der Waals surface area contributed by atoms with Crippen molar-refractivity contribution in [3.8, 4) is 45.3 Å². The minimum absolute atomic E-state index is 0.0359. The SMILES string of the molecule is Oc1c2cc3cc(/C=C\c4ccccc4)ccc3c1-c1c(O)c(cc3cc(/C=C/c4ccccc4)ccc13)CN[C@H](c1ccccc1)[C@@H](c1ccccc1)NCc1cc3cc(/C=C\c4ccccc4)ccc3c(c1O)-c1c(O)c(cc3cc(/C=C/c4ccccc4)ccc13)CN[C@H](c1ccccc1)[C@@H](c1ccccc1)NC2. The van der Waals surface area contributed by atoms with E-state index in [-0.39, 0.29) is 49.2 Å². The number of phenolic OH excluding ortho intramolecular Hbond substituents is 4. The van der Waals surface area contributed by atoms with Gasteiger partial charge in [0.05, 0.1) is 24.2 Å². The standard InChI is InChI=1S/C104H84N4O4/c109-101-85-61-81-57-73(45-41-69-25-9-1-10-26-69)49-53-89(81)93(101)94-90-54-50-74(46-42-70-27-11-2-12-28-70)58-82(90)62-86(102(94)110)66-106-99(79-37-21-7-22-38-79)100(80-39-23-8-24-40-80)108-68-88-64-84-60-76(48-44-72-31-15-4-16-32-72)52-56-92(84)96(104(88)112)95-91-55-51-75(47-43-71-29-13-3-14-30-71)59-83(91)63-87(103(95)111)67-107-98(78-35-19-6-20-36-78)97(105-65-85)77-33-17-5-18-34-77/h1-64,97-100,105-112H,65-68H2/b45-41-,46-42+,47-43+,48-44-/t97-,98-,99-,100-/m1/s1. The van der Waals surface area contributed by atoms with Gasteiger partial charge < -0.3 is 41.7 Å². The third kappa shape index (κ3) is 15.5. The molecule has 8 heteroatoms. The highest BCUT2D eigenvalue weighted by atomic mass is 16.3. The summed E-state index contributed by atoms with van der Waals surface area (Å²) in [5.41, 5.74) is 16.6. The van der Waals surface area contributed by atoms with E-state index >= 15 is 0 Å². The van der Waals surface area contributed by atoms with Gasteiger partial charge in [-0.25, -0.2) is 0 Å². The first-order valence-corrected chi connectivity index (χ1v) is 38.4. The highest BCUT2D eigenvalue weighted by Crippen LogP contribution is 2.51. The van der Waals surface area contributed by atoms with Crippen LogP contribution in [0.5, 0.6) is 23.0 Å². The van der Waals surface area contributed by atoms with Gasteiger partial charge in [-0.05, 0) is 158 Å². The summed E-state index contributed by atoms with van der Waals surface area (Å²) in [5.74, 6) is 0.144. The van der Waals surface area contributed by atoms with Gasteiger partial charge in [-0.2, -0.15) is 0 Å². The predicted molar refractivity (Wildman–Crippen MR) is 466 cm³/mol. The molecule has 8 bridgehead atoms. The Kier molecular flexibility index (Phi) is 20.9. The van der Waals surface area contributed by atoms with Crippen molar-refractivity contribution in [1.29, 1.82) is 0 Å². The van der Waals surface area contributed by atoms with Crippen LogP contribution in [0.2, 0.25) is 0 Å². The van der Waals surface area contributed by atoms with E-state index in [9.17, 15) is 20.4 Å². The second kappa shape index (κ2) is 32.8. The van der Waals surface area contributed by atoms with Gasteiger partial charge in [-0.3, -0.25) is 0 Å². The monoisotopic (exact) mass is 1450 g/mol. The number of rotatable bonds is 12. The number of hydrogen-bond acceptors (Lipinski definition) is 8. The molecule has 16 aromatic rings. The summed E-state index contributed by atoms with van der Waals surface area (Å²) in [6.45, 7) is 0.728. The van der Waals surface area contributed by atoms with E-state index in [0.29, 0.717) is 44.5 Å². The number of fused-ring (bicyclic) bond motifs is 18. The second-order valence-corrected chi connectivity index (χ2v) is 29.0. The molecule has 0 radical (unpaired) electrons. The Hall–Kier alpha value is -13.4. The summed E-state index contributed by atoms with van der Waals surface area (Å²) in [4.78, 5) is 0. The van der Waals surface area contributed by atoms with Crippen LogP contribution in [0.3, 0.4) is 0 Å². The van der Waals surface area contributed by atoms with E-state index in [0.717, 1.165) is 110 Å². The maximum atomic E-state index is 13.8. The maximum absolute atomic E-state index is 13.8.